The molecule has 1 aliphatic rings. The first-order valence-corrected chi connectivity index (χ1v) is 11.2. The summed E-state index contributed by atoms with van der Waals surface area (Å²) in [7, 11) is 3.42. The predicted molar refractivity (Wildman–Crippen MR) is 143 cm³/mol. The maximum Gasteiger partial charge on any atom is 0.191 e. The van der Waals surface area contributed by atoms with Gasteiger partial charge in [-0.15, -0.1) is 24.0 Å². The monoisotopic (exact) mass is 572 g/mol. The Morgan fingerprint density at radius 1 is 1.16 bits per heavy atom. The Balaban J connectivity index is 0.00000363. The molecule has 3 rings (SSSR count). The topological polar surface area (TPSA) is 58.1 Å². The van der Waals surface area contributed by atoms with Crippen LogP contribution in [-0.4, -0.2) is 50.8 Å². The van der Waals surface area contributed by atoms with Crippen molar-refractivity contribution in [3.63, 3.8) is 0 Å². The molecule has 2 N–H and O–H groups in total. The average molecular weight is 573 g/mol. The molecule has 2 aromatic carbocycles. The number of hydrogen-bond acceptors (Lipinski definition) is 4. The van der Waals surface area contributed by atoms with E-state index in [0.29, 0.717) is 35.7 Å². The second kappa shape index (κ2) is 13.7. The van der Waals surface area contributed by atoms with E-state index in [-0.39, 0.29) is 24.0 Å². The van der Waals surface area contributed by atoms with Crippen LogP contribution >= 0.6 is 35.6 Å². The molecule has 0 amide bonds. The number of methoxy groups -OCH3 is 1. The Labute approximate surface area is 213 Å². The van der Waals surface area contributed by atoms with Gasteiger partial charge in [-0.05, 0) is 43.0 Å². The summed E-state index contributed by atoms with van der Waals surface area (Å²) >= 11 is 6.39. The highest BCUT2D eigenvalue weighted by molar-refractivity contribution is 14.0. The highest BCUT2D eigenvalue weighted by Crippen LogP contribution is 2.36. The molecule has 0 bridgehead atoms. The van der Waals surface area contributed by atoms with Crippen molar-refractivity contribution >= 4 is 41.5 Å². The number of rotatable bonds is 8. The fourth-order valence-corrected chi connectivity index (χ4v) is 4.10. The summed E-state index contributed by atoms with van der Waals surface area (Å²) in [5.41, 5.74) is 2.38. The predicted octanol–water partition coefficient (Wildman–Crippen LogP) is 4.69. The number of halogens is 2. The minimum atomic E-state index is 0. The van der Waals surface area contributed by atoms with E-state index in [1.165, 1.54) is 5.56 Å². The number of guanidine groups is 1. The number of benzene rings is 2. The lowest BCUT2D eigenvalue weighted by molar-refractivity contribution is 0.198. The van der Waals surface area contributed by atoms with Crippen molar-refractivity contribution in [1.82, 2.24) is 15.5 Å². The maximum absolute atomic E-state index is 6.39. The zero-order chi connectivity index (χ0) is 22.1. The number of likely N-dealkylation sites (tertiary alicyclic amines) is 1. The van der Waals surface area contributed by atoms with E-state index >= 15 is 0 Å². The van der Waals surface area contributed by atoms with Gasteiger partial charge in [0.2, 0.25) is 0 Å². The summed E-state index contributed by atoms with van der Waals surface area (Å²) < 4.78 is 11.0. The van der Waals surface area contributed by atoms with E-state index in [9.17, 15) is 0 Å². The molecule has 0 aromatic heterocycles. The number of nitrogens with one attached hydrogen (secondary N) is 2. The van der Waals surface area contributed by atoms with Crippen LogP contribution in [-0.2, 0) is 13.1 Å². The Morgan fingerprint density at radius 3 is 2.50 bits per heavy atom. The zero-order valence-electron chi connectivity index (χ0n) is 19.1. The highest BCUT2D eigenvalue weighted by atomic mass is 127. The van der Waals surface area contributed by atoms with Crippen LogP contribution in [0.1, 0.15) is 30.9 Å². The summed E-state index contributed by atoms with van der Waals surface area (Å²) in [6, 6.07) is 14.9. The van der Waals surface area contributed by atoms with E-state index in [1.807, 2.05) is 19.1 Å². The number of hydrogen-bond donors (Lipinski definition) is 2. The molecular formula is C24H34ClIN4O2. The smallest absolute Gasteiger partial charge is 0.191 e. The molecule has 0 radical (unpaired) electrons. The quantitative estimate of drug-likeness (QED) is 0.273. The Morgan fingerprint density at radius 2 is 1.88 bits per heavy atom. The van der Waals surface area contributed by atoms with Crippen LogP contribution in [0.2, 0.25) is 5.02 Å². The first kappa shape index (κ1) is 26.5. The average Bonchev–Trinajstić information content (AvgIpc) is 2.80. The van der Waals surface area contributed by atoms with Gasteiger partial charge in [-0.25, -0.2) is 0 Å². The van der Waals surface area contributed by atoms with Crippen molar-refractivity contribution in [1.29, 1.82) is 0 Å². The summed E-state index contributed by atoms with van der Waals surface area (Å²) in [6.45, 7) is 6.22. The van der Waals surface area contributed by atoms with Crippen molar-refractivity contribution in [2.24, 2.45) is 4.99 Å². The Bertz CT molecular complexity index is 859. The van der Waals surface area contributed by atoms with Crippen LogP contribution < -0.4 is 20.1 Å². The molecule has 0 saturated carbocycles. The normalized spacial score (nSPS) is 15.1. The highest BCUT2D eigenvalue weighted by Gasteiger charge is 2.20. The van der Waals surface area contributed by atoms with Crippen LogP contribution in [0.4, 0.5) is 0 Å². The molecule has 176 valence electrons. The summed E-state index contributed by atoms with van der Waals surface area (Å²) in [6.07, 6.45) is 2.19. The molecule has 1 aliphatic heterocycles. The molecule has 0 spiro atoms. The summed E-state index contributed by atoms with van der Waals surface area (Å²) in [5, 5.41) is 7.49. The SMILES string of the molecule is CCOc1c(Cl)cc(CNC(=NC)NC2CCN(Cc3ccccc3)CC2)cc1OC.I. The van der Waals surface area contributed by atoms with Gasteiger partial charge in [-0.3, -0.25) is 9.89 Å². The second-order valence-corrected chi connectivity index (χ2v) is 8.06. The first-order valence-electron chi connectivity index (χ1n) is 10.9. The lowest BCUT2D eigenvalue weighted by Gasteiger charge is -2.33. The molecule has 1 heterocycles. The third-order valence-corrected chi connectivity index (χ3v) is 5.72. The molecule has 2 aromatic rings. The van der Waals surface area contributed by atoms with Crippen molar-refractivity contribution in [2.75, 3.05) is 33.9 Å². The summed E-state index contributed by atoms with van der Waals surface area (Å²) in [4.78, 5) is 6.90. The van der Waals surface area contributed by atoms with E-state index in [4.69, 9.17) is 21.1 Å². The third kappa shape index (κ3) is 7.71. The lowest BCUT2D eigenvalue weighted by atomic mass is 10.0. The number of aliphatic imine (C=N–C) groups is 1. The molecule has 0 aliphatic carbocycles. The van der Waals surface area contributed by atoms with E-state index in [0.717, 1.165) is 44.0 Å². The molecular weight excluding hydrogens is 539 g/mol. The minimum Gasteiger partial charge on any atom is -0.493 e. The van der Waals surface area contributed by atoms with Gasteiger partial charge in [0.1, 0.15) is 0 Å². The van der Waals surface area contributed by atoms with Crippen molar-refractivity contribution in [3.05, 3.63) is 58.6 Å². The van der Waals surface area contributed by atoms with Gasteiger partial charge in [0.25, 0.3) is 0 Å². The fraction of sp³-hybridized carbons (Fsp3) is 0.458. The van der Waals surface area contributed by atoms with E-state index < -0.39 is 0 Å². The van der Waals surface area contributed by atoms with Crippen LogP contribution in [0.25, 0.3) is 0 Å². The van der Waals surface area contributed by atoms with E-state index in [1.54, 1.807) is 14.2 Å². The largest absolute Gasteiger partial charge is 0.493 e. The van der Waals surface area contributed by atoms with Crippen molar-refractivity contribution in [2.45, 2.75) is 38.9 Å². The minimum absolute atomic E-state index is 0. The van der Waals surface area contributed by atoms with E-state index in [2.05, 4.69) is 50.9 Å². The van der Waals surface area contributed by atoms with Gasteiger partial charge in [0.05, 0.1) is 18.7 Å². The van der Waals surface area contributed by atoms with Gasteiger partial charge in [0, 0.05) is 39.3 Å². The maximum atomic E-state index is 6.39. The van der Waals surface area contributed by atoms with Crippen molar-refractivity contribution in [3.8, 4) is 11.5 Å². The van der Waals surface area contributed by atoms with Gasteiger partial charge in [-0.2, -0.15) is 0 Å². The zero-order valence-corrected chi connectivity index (χ0v) is 22.2. The van der Waals surface area contributed by atoms with Crippen LogP contribution in [0.3, 0.4) is 0 Å². The van der Waals surface area contributed by atoms with Gasteiger partial charge >= 0.3 is 0 Å². The second-order valence-electron chi connectivity index (χ2n) is 7.65. The lowest BCUT2D eigenvalue weighted by Crippen LogP contribution is -2.48. The van der Waals surface area contributed by atoms with Crippen LogP contribution in [0.5, 0.6) is 11.5 Å². The first-order chi connectivity index (χ1) is 15.1. The molecule has 0 unspecified atom stereocenters. The van der Waals surface area contributed by atoms with Crippen molar-refractivity contribution < 1.29 is 9.47 Å². The standard InChI is InChI=1S/C24H33ClN4O2.HI/c1-4-31-23-21(25)14-19(15-22(23)30-3)16-27-24(26-2)28-20-10-12-29(13-11-20)17-18-8-6-5-7-9-18;/h5-9,14-15,20H,4,10-13,16-17H2,1-3H3,(H2,26,27,28);1H. The number of nitrogens with zero attached hydrogens (tertiary/aromatic N) is 2. The number of piperidine rings is 1. The van der Waals surface area contributed by atoms with Gasteiger partial charge in [0.15, 0.2) is 17.5 Å². The molecule has 32 heavy (non-hydrogen) atoms. The van der Waals surface area contributed by atoms with Gasteiger partial charge in [-0.1, -0.05) is 41.9 Å². The Kier molecular flexibility index (Phi) is 11.4. The number of ether oxygens (including phenoxy) is 2. The third-order valence-electron chi connectivity index (χ3n) is 5.44. The van der Waals surface area contributed by atoms with Crippen LogP contribution in [0, 0.1) is 0 Å². The molecule has 0 atom stereocenters. The summed E-state index contributed by atoms with van der Waals surface area (Å²) in [5.74, 6) is 2.02. The van der Waals surface area contributed by atoms with Gasteiger partial charge < -0.3 is 20.1 Å². The Hall–Kier alpha value is -1.71. The molecule has 1 saturated heterocycles. The van der Waals surface area contributed by atoms with Crippen LogP contribution in [0.15, 0.2) is 47.5 Å². The molecule has 6 nitrogen and oxygen atoms in total. The fourth-order valence-electron chi connectivity index (χ4n) is 3.81. The molecule has 1 fully saturated rings. The molecule has 8 heteroatoms.